The van der Waals surface area contributed by atoms with Crippen molar-refractivity contribution in [2.24, 2.45) is 5.10 Å². The fourth-order valence-electron chi connectivity index (χ4n) is 2.44. The van der Waals surface area contributed by atoms with E-state index >= 15 is 0 Å². The number of hydrazone groups is 1. The Labute approximate surface area is 135 Å². The molecule has 0 heterocycles. The van der Waals surface area contributed by atoms with Crippen LogP contribution in [0, 0.1) is 0 Å². The molecule has 23 heavy (non-hydrogen) atoms. The molecule has 1 aliphatic rings. The Morgan fingerprint density at radius 1 is 1.13 bits per heavy atom. The summed E-state index contributed by atoms with van der Waals surface area (Å²) < 4.78 is 0. The summed E-state index contributed by atoms with van der Waals surface area (Å²) in [4.78, 5) is 23.1. The van der Waals surface area contributed by atoms with Gasteiger partial charge in [-0.05, 0) is 49.5 Å². The molecule has 0 bridgehead atoms. The first-order valence-corrected chi connectivity index (χ1v) is 7.77. The molecule has 6 nitrogen and oxygen atoms in total. The maximum atomic E-state index is 12.2. The van der Waals surface area contributed by atoms with E-state index in [1.165, 1.54) is 30.5 Å². The average molecular weight is 315 g/mol. The van der Waals surface area contributed by atoms with Crippen molar-refractivity contribution in [1.29, 1.82) is 0 Å². The highest BCUT2D eigenvalue weighted by molar-refractivity contribution is 5.96. The smallest absolute Gasteiger partial charge is 0.271 e. The molecule has 0 atom stereocenters. The Hall–Kier alpha value is -2.47. The number of nitrogens with one attached hydrogen (secondary N) is 2. The molecule has 2 rings (SSSR count). The Morgan fingerprint density at radius 3 is 2.57 bits per heavy atom. The Balaban J connectivity index is 2.00. The molecule has 1 aromatic rings. The molecule has 0 unspecified atom stereocenters. The van der Waals surface area contributed by atoms with E-state index in [2.05, 4.69) is 10.5 Å². The highest BCUT2D eigenvalue weighted by Gasteiger charge is 2.08. The van der Waals surface area contributed by atoms with Crippen LogP contribution in [0.3, 0.4) is 0 Å². The third kappa shape index (κ3) is 5.67. The zero-order valence-electron chi connectivity index (χ0n) is 12.9. The molecule has 0 aliphatic heterocycles. The fraction of sp³-hybridized carbons (Fsp3) is 0.353. The van der Waals surface area contributed by atoms with Crippen molar-refractivity contribution in [3.05, 3.63) is 41.5 Å². The lowest BCUT2D eigenvalue weighted by Gasteiger charge is -2.04. The fourth-order valence-corrected chi connectivity index (χ4v) is 2.44. The molecule has 1 aromatic carbocycles. The third-order valence-electron chi connectivity index (χ3n) is 3.68. The van der Waals surface area contributed by atoms with Crippen molar-refractivity contribution in [2.75, 3.05) is 0 Å². The van der Waals surface area contributed by atoms with Gasteiger partial charge in [0.05, 0.1) is 0 Å². The van der Waals surface area contributed by atoms with Gasteiger partial charge in [-0.1, -0.05) is 25.0 Å². The highest BCUT2D eigenvalue weighted by Crippen LogP contribution is 2.14. The van der Waals surface area contributed by atoms with Gasteiger partial charge < -0.3 is 0 Å². The monoisotopic (exact) mass is 315 g/mol. The number of carbonyl (C=O) groups is 2. The lowest BCUT2D eigenvalue weighted by Crippen LogP contribution is -2.19. The summed E-state index contributed by atoms with van der Waals surface area (Å²) in [5, 5.41) is 12.7. The van der Waals surface area contributed by atoms with Crippen LogP contribution >= 0.6 is 0 Å². The van der Waals surface area contributed by atoms with Crippen LogP contribution in [0.5, 0.6) is 0 Å². The molecule has 0 aromatic heterocycles. The van der Waals surface area contributed by atoms with Gasteiger partial charge >= 0.3 is 0 Å². The lowest BCUT2D eigenvalue weighted by atomic mass is 10.1. The van der Waals surface area contributed by atoms with E-state index in [0.717, 1.165) is 31.4 Å². The minimum absolute atomic E-state index is 0.274. The summed E-state index contributed by atoms with van der Waals surface area (Å²) in [5.74, 6) is -0.900. The van der Waals surface area contributed by atoms with E-state index in [0.29, 0.717) is 11.1 Å². The van der Waals surface area contributed by atoms with Crippen molar-refractivity contribution in [3.63, 3.8) is 0 Å². The number of hydroxylamine groups is 1. The van der Waals surface area contributed by atoms with Gasteiger partial charge in [-0.15, -0.1) is 0 Å². The first-order valence-electron chi connectivity index (χ1n) is 7.77. The third-order valence-corrected chi connectivity index (χ3v) is 3.68. The number of benzene rings is 1. The van der Waals surface area contributed by atoms with Crippen LogP contribution in [0.15, 0.2) is 35.4 Å². The first-order chi connectivity index (χ1) is 11.2. The zero-order valence-corrected chi connectivity index (χ0v) is 12.9. The highest BCUT2D eigenvalue weighted by atomic mass is 16.5. The van der Waals surface area contributed by atoms with Gasteiger partial charge in [0.1, 0.15) is 0 Å². The molecule has 0 saturated heterocycles. The molecular weight excluding hydrogens is 294 g/mol. The van der Waals surface area contributed by atoms with Crippen molar-refractivity contribution in [1.82, 2.24) is 10.9 Å². The van der Waals surface area contributed by atoms with Crippen LogP contribution in [-0.4, -0.2) is 22.7 Å². The molecule has 6 heteroatoms. The lowest BCUT2D eigenvalue weighted by molar-refractivity contribution is -0.124. The largest absolute Gasteiger partial charge is 0.288 e. The predicted molar refractivity (Wildman–Crippen MR) is 88.0 cm³/mol. The van der Waals surface area contributed by atoms with Gasteiger partial charge in [0, 0.05) is 17.4 Å². The molecule has 1 saturated carbocycles. The molecular formula is C17H21N3O3. The maximum absolute atomic E-state index is 12.2. The number of nitrogens with zero attached hydrogens (tertiary/aromatic N) is 1. The summed E-state index contributed by atoms with van der Waals surface area (Å²) in [6.07, 6.45) is 9.29. The van der Waals surface area contributed by atoms with Crippen molar-refractivity contribution in [3.8, 4) is 0 Å². The van der Waals surface area contributed by atoms with Gasteiger partial charge in [-0.3, -0.25) is 14.8 Å². The van der Waals surface area contributed by atoms with E-state index in [1.54, 1.807) is 24.3 Å². The second kappa shape index (κ2) is 8.85. The summed E-state index contributed by atoms with van der Waals surface area (Å²) in [7, 11) is 0. The second-order valence-corrected chi connectivity index (χ2v) is 5.47. The van der Waals surface area contributed by atoms with Gasteiger partial charge in [-0.2, -0.15) is 5.10 Å². The van der Waals surface area contributed by atoms with E-state index in [-0.39, 0.29) is 5.91 Å². The van der Waals surface area contributed by atoms with Crippen molar-refractivity contribution >= 4 is 23.6 Å². The number of carbonyl (C=O) groups excluding carboxylic acids is 2. The normalized spacial score (nSPS) is 15.1. The molecule has 122 valence electrons. The van der Waals surface area contributed by atoms with Crippen LogP contribution in [0.25, 0.3) is 6.08 Å². The molecule has 0 spiro atoms. The molecule has 1 aliphatic carbocycles. The Kier molecular flexibility index (Phi) is 6.50. The van der Waals surface area contributed by atoms with Crippen molar-refractivity contribution < 1.29 is 14.8 Å². The SMILES string of the molecule is O=C(C=Cc1cccc(C(=O)NN=C2CCCCCC2)c1)NO. The Morgan fingerprint density at radius 2 is 1.87 bits per heavy atom. The topological polar surface area (TPSA) is 90.8 Å². The quantitative estimate of drug-likeness (QED) is 0.345. The molecule has 3 N–H and O–H groups in total. The van der Waals surface area contributed by atoms with Crippen LogP contribution in [0.2, 0.25) is 0 Å². The van der Waals surface area contributed by atoms with Crippen LogP contribution in [0.4, 0.5) is 0 Å². The van der Waals surface area contributed by atoms with Gasteiger partial charge in [0.25, 0.3) is 11.8 Å². The van der Waals surface area contributed by atoms with E-state index in [1.807, 2.05) is 0 Å². The summed E-state index contributed by atoms with van der Waals surface area (Å²) in [6, 6.07) is 6.83. The summed E-state index contributed by atoms with van der Waals surface area (Å²) in [5.41, 5.74) is 6.32. The molecule has 2 amide bonds. The number of amides is 2. The van der Waals surface area contributed by atoms with Crippen molar-refractivity contribution in [2.45, 2.75) is 38.5 Å². The van der Waals surface area contributed by atoms with Gasteiger partial charge in [0.2, 0.25) is 0 Å². The predicted octanol–water partition coefficient (Wildman–Crippen LogP) is 2.65. The first kappa shape index (κ1) is 16.9. The summed E-state index contributed by atoms with van der Waals surface area (Å²) >= 11 is 0. The van der Waals surface area contributed by atoms with Gasteiger partial charge in [-0.25, -0.2) is 10.9 Å². The van der Waals surface area contributed by atoms with E-state index in [4.69, 9.17) is 5.21 Å². The van der Waals surface area contributed by atoms with Crippen LogP contribution in [-0.2, 0) is 4.79 Å². The average Bonchev–Trinajstić information content (AvgIpc) is 2.86. The van der Waals surface area contributed by atoms with Crippen LogP contribution in [0.1, 0.15) is 54.4 Å². The minimum Gasteiger partial charge on any atom is -0.288 e. The Bertz CT molecular complexity index is 613. The maximum Gasteiger partial charge on any atom is 0.271 e. The summed E-state index contributed by atoms with van der Waals surface area (Å²) in [6.45, 7) is 0. The van der Waals surface area contributed by atoms with Crippen LogP contribution < -0.4 is 10.9 Å². The van der Waals surface area contributed by atoms with Gasteiger partial charge in [0.15, 0.2) is 0 Å². The van der Waals surface area contributed by atoms with E-state index in [9.17, 15) is 9.59 Å². The minimum atomic E-state index is -0.625. The number of hydrogen-bond acceptors (Lipinski definition) is 4. The standard InChI is InChI=1S/C17H21N3O3/c21-16(20-23)11-10-13-6-5-7-14(12-13)17(22)19-18-15-8-3-1-2-4-9-15/h5-7,10-12,23H,1-4,8-9H2,(H,19,22)(H,20,21). The number of rotatable bonds is 4. The molecule has 0 radical (unpaired) electrons. The van der Waals surface area contributed by atoms with E-state index < -0.39 is 5.91 Å². The number of hydrogen-bond donors (Lipinski definition) is 3. The zero-order chi connectivity index (χ0) is 16.5. The molecule has 1 fully saturated rings. The second-order valence-electron chi connectivity index (χ2n) is 5.47.